The van der Waals surface area contributed by atoms with Gasteiger partial charge in [-0.25, -0.2) is 0 Å². The summed E-state index contributed by atoms with van der Waals surface area (Å²) in [5.41, 5.74) is 22.6. The van der Waals surface area contributed by atoms with Crippen LogP contribution < -0.4 is 9.13 Å². The van der Waals surface area contributed by atoms with Crippen molar-refractivity contribution in [2.45, 2.75) is 96.1 Å². The highest BCUT2D eigenvalue weighted by Gasteiger charge is 2.58. The Hall–Kier alpha value is -6.58. The molecule has 0 fully saturated rings. The molecule has 3 atom stereocenters. The quantitative estimate of drug-likeness (QED) is 0.148. The lowest BCUT2D eigenvalue weighted by Crippen LogP contribution is -2.60. The van der Waals surface area contributed by atoms with Crippen LogP contribution in [0.1, 0.15) is 100 Å². The molecule has 0 saturated carbocycles. The minimum atomic E-state index is -0.107. The van der Waals surface area contributed by atoms with Crippen molar-refractivity contribution >= 4 is 21.8 Å². The highest BCUT2D eigenvalue weighted by atomic mass is 15.1. The fourth-order valence-electron chi connectivity index (χ4n) is 12.8. The Morgan fingerprint density at radius 1 is 0.578 bits per heavy atom. The third-order valence-electron chi connectivity index (χ3n) is 15.9. The Morgan fingerprint density at radius 3 is 2.12 bits per heavy atom. The number of unbranched alkanes of at least 4 members (excludes halogenated alkanes) is 1. The van der Waals surface area contributed by atoms with Gasteiger partial charge in [0.25, 0.3) is 0 Å². The molecule has 0 saturated heterocycles. The maximum Gasteiger partial charge on any atom is 0.213 e. The molecule has 12 rings (SSSR count). The van der Waals surface area contributed by atoms with E-state index in [1.54, 1.807) is 0 Å². The minimum Gasteiger partial charge on any atom is -0.355 e. The van der Waals surface area contributed by atoms with Gasteiger partial charge < -0.3 is 4.98 Å². The molecule has 2 aliphatic heterocycles. The molecule has 3 unspecified atom stereocenters. The van der Waals surface area contributed by atoms with Gasteiger partial charge in [-0.05, 0) is 129 Å². The average Bonchev–Trinajstić information content (AvgIpc) is 3.81. The number of H-pyrrole nitrogens is 1. The largest absolute Gasteiger partial charge is 0.355 e. The SMILES string of the molecule is CCCCc1ccc2[n+](c1)C(CC)C(CC)(C1C[n+]3ccccc3-c3cc(-c4cccc(-c5ccc6[nH]c7cc8c(cc7c6c5)-c5ccccc5C8(C)C)c4)ccc31)c1ccccc1-2. The maximum atomic E-state index is 3.78. The predicted octanol–water partition coefficient (Wildman–Crippen LogP) is 14.6. The molecule has 3 nitrogen and oxygen atoms in total. The molecule has 3 heteroatoms. The zero-order chi connectivity index (χ0) is 43.3. The molecule has 0 bridgehead atoms. The second-order valence-corrected chi connectivity index (χ2v) is 19.5. The second-order valence-electron chi connectivity index (χ2n) is 19.5. The van der Waals surface area contributed by atoms with Crippen molar-refractivity contribution in [1.29, 1.82) is 0 Å². The predicted molar refractivity (Wildman–Crippen MR) is 265 cm³/mol. The fraction of sp³-hybridized carbons (Fsp3) is 0.246. The fourth-order valence-corrected chi connectivity index (χ4v) is 12.8. The number of rotatable bonds is 8. The van der Waals surface area contributed by atoms with Crippen molar-refractivity contribution in [2.75, 3.05) is 0 Å². The number of benzene rings is 6. The lowest BCUT2D eigenvalue weighted by Gasteiger charge is -2.47. The molecule has 3 aromatic heterocycles. The highest BCUT2D eigenvalue weighted by molar-refractivity contribution is 6.11. The van der Waals surface area contributed by atoms with Crippen molar-refractivity contribution in [2.24, 2.45) is 0 Å². The van der Waals surface area contributed by atoms with E-state index in [9.17, 15) is 0 Å². The smallest absolute Gasteiger partial charge is 0.213 e. The number of aromatic nitrogens is 3. The van der Waals surface area contributed by atoms with Crippen molar-refractivity contribution < 1.29 is 9.13 Å². The monoisotopic (exact) mass is 831 g/mol. The Kier molecular flexibility index (Phi) is 8.99. The summed E-state index contributed by atoms with van der Waals surface area (Å²) in [7, 11) is 0. The summed E-state index contributed by atoms with van der Waals surface area (Å²) in [4.78, 5) is 3.78. The molecule has 64 heavy (non-hydrogen) atoms. The van der Waals surface area contributed by atoms with Crippen LogP contribution in [0.5, 0.6) is 0 Å². The van der Waals surface area contributed by atoms with E-state index in [1.165, 1.54) is 118 Å². The van der Waals surface area contributed by atoms with Crippen LogP contribution in [0.15, 0.2) is 164 Å². The van der Waals surface area contributed by atoms with Crippen LogP contribution in [0.3, 0.4) is 0 Å². The maximum absolute atomic E-state index is 3.78. The highest BCUT2D eigenvalue weighted by Crippen LogP contribution is 2.57. The molecule has 0 radical (unpaired) electrons. The number of hydrogen-bond donors (Lipinski definition) is 1. The van der Waals surface area contributed by atoms with Crippen LogP contribution in [0.25, 0.3) is 77.7 Å². The number of nitrogens with zero attached hydrogens (tertiary/aromatic N) is 2. The van der Waals surface area contributed by atoms with Crippen LogP contribution in [0.2, 0.25) is 0 Å². The molecule has 1 aliphatic carbocycles. The van der Waals surface area contributed by atoms with Crippen LogP contribution in [0.4, 0.5) is 0 Å². The summed E-state index contributed by atoms with van der Waals surface area (Å²) in [5.74, 6) is 0.280. The summed E-state index contributed by atoms with van der Waals surface area (Å²) in [5, 5.41) is 2.56. The van der Waals surface area contributed by atoms with Gasteiger partial charge in [0.1, 0.15) is 0 Å². The molecule has 1 N–H and O–H groups in total. The molecule has 6 aromatic carbocycles. The third-order valence-corrected chi connectivity index (χ3v) is 15.9. The molecule has 5 heterocycles. The van der Waals surface area contributed by atoms with Gasteiger partial charge in [-0.2, -0.15) is 9.13 Å². The first-order valence-electron chi connectivity index (χ1n) is 23.9. The molecule has 0 spiro atoms. The Bertz CT molecular complexity index is 3330. The van der Waals surface area contributed by atoms with Crippen LogP contribution in [-0.2, 0) is 23.8 Å². The molecule has 3 aliphatic rings. The van der Waals surface area contributed by atoms with E-state index < -0.39 is 0 Å². The van der Waals surface area contributed by atoms with Crippen molar-refractivity contribution in [3.63, 3.8) is 0 Å². The zero-order valence-corrected chi connectivity index (χ0v) is 37.9. The van der Waals surface area contributed by atoms with Gasteiger partial charge >= 0.3 is 0 Å². The first-order valence-corrected chi connectivity index (χ1v) is 23.9. The Balaban J connectivity index is 0.962. The van der Waals surface area contributed by atoms with Crippen LogP contribution in [0, 0.1) is 0 Å². The summed E-state index contributed by atoms with van der Waals surface area (Å²) in [6.45, 7) is 12.8. The van der Waals surface area contributed by atoms with E-state index in [-0.39, 0.29) is 16.7 Å². The summed E-state index contributed by atoms with van der Waals surface area (Å²) < 4.78 is 5.24. The molecular weight excluding hydrogens is 775 g/mol. The van der Waals surface area contributed by atoms with Gasteiger partial charge in [-0.15, -0.1) is 0 Å². The second kappa shape index (κ2) is 14.7. The van der Waals surface area contributed by atoms with Gasteiger partial charge in [0.15, 0.2) is 25.0 Å². The Morgan fingerprint density at radius 2 is 1.31 bits per heavy atom. The molecular formula is C61H57N3+2. The third kappa shape index (κ3) is 5.65. The van der Waals surface area contributed by atoms with E-state index in [0.717, 1.165) is 25.8 Å². The summed E-state index contributed by atoms with van der Waals surface area (Å²) in [6, 6.07) is 58.6. The van der Waals surface area contributed by atoms with E-state index >= 15 is 0 Å². The molecule has 9 aromatic rings. The average molecular weight is 832 g/mol. The number of hydrogen-bond acceptors (Lipinski definition) is 0. The first kappa shape index (κ1) is 39.0. The van der Waals surface area contributed by atoms with Gasteiger partial charge in [-0.1, -0.05) is 120 Å². The van der Waals surface area contributed by atoms with E-state index in [4.69, 9.17) is 0 Å². The van der Waals surface area contributed by atoms with E-state index in [0.29, 0.717) is 6.04 Å². The Labute approximate surface area is 378 Å². The van der Waals surface area contributed by atoms with Crippen molar-refractivity contribution in [3.8, 4) is 55.9 Å². The minimum absolute atomic E-state index is 0.0263. The number of aromatic amines is 1. The lowest BCUT2D eigenvalue weighted by atomic mass is 9.57. The van der Waals surface area contributed by atoms with Crippen molar-refractivity contribution in [1.82, 2.24) is 4.98 Å². The number of pyridine rings is 2. The first-order chi connectivity index (χ1) is 31.3. The topological polar surface area (TPSA) is 23.5 Å². The lowest BCUT2D eigenvalue weighted by molar-refractivity contribution is -0.732. The zero-order valence-electron chi connectivity index (χ0n) is 37.9. The van der Waals surface area contributed by atoms with Gasteiger partial charge in [-0.3, -0.25) is 0 Å². The van der Waals surface area contributed by atoms with E-state index in [1.807, 2.05) is 0 Å². The van der Waals surface area contributed by atoms with Crippen LogP contribution >= 0.6 is 0 Å². The van der Waals surface area contributed by atoms with Gasteiger partial charge in [0.2, 0.25) is 11.4 Å². The summed E-state index contributed by atoms with van der Waals surface area (Å²) >= 11 is 0. The molecule has 314 valence electrons. The standard InChI is InChI=1S/C61H57N3/c1-6-9-17-39-25-30-58-46-21-11-13-23-52(46)61(8-3,59(7-2)64(58)37-39)54-38-63-31-15-14-24-57(63)50-34-42(26-28-45(50)54)40-18-16-19-41(32-40)43-27-29-55-48(33-43)49-35-47-44-20-10-12-22-51(44)60(4,5)53(47)36-56(49)62-55/h10-16,18-37,54,59,62H,6-9,17,38H2,1-5H3/q+2. The molecule has 0 amide bonds. The van der Waals surface area contributed by atoms with Crippen LogP contribution in [-0.4, -0.2) is 4.98 Å². The summed E-state index contributed by atoms with van der Waals surface area (Å²) in [6.07, 6.45) is 10.5. The number of aryl methyl sites for hydroxylation is 1. The van der Waals surface area contributed by atoms with E-state index in [2.05, 4.69) is 213 Å². The van der Waals surface area contributed by atoms with Gasteiger partial charge in [0, 0.05) is 57.4 Å². The number of nitrogens with one attached hydrogen (secondary N) is 1. The number of fused-ring (bicyclic) bond motifs is 12. The normalized spacial score (nSPS) is 18.8. The van der Waals surface area contributed by atoms with Gasteiger partial charge in [0.05, 0.1) is 22.5 Å². The van der Waals surface area contributed by atoms with Crippen molar-refractivity contribution in [3.05, 3.63) is 192 Å².